The van der Waals surface area contributed by atoms with Gasteiger partial charge in [-0.05, 0) is 21.9 Å². The number of hydrogen-bond donors (Lipinski definition) is 0. The molecule has 0 spiro atoms. The van der Waals surface area contributed by atoms with E-state index < -0.39 is 0 Å². The zero-order valence-corrected chi connectivity index (χ0v) is 12.7. The third-order valence-electron chi connectivity index (χ3n) is 4.94. The van der Waals surface area contributed by atoms with Crippen molar-refractivity contribution in [3.8, 4) is 11.1 Å². The molecule has 1 aliphatic heterocycles. The lowest BCUT2D eigenvalue weighted by Gasteiger charge is -2.11. The molecule has 0 atom stereocenters. The van der Waals surface area contributed by atoms with Crippen LogP contribution in [0.25, 0.3) is 21.9 Å². The molecule has 4 aromatic carbocycles. The molecule has 0 radical (unpaired) electrons. The lowest BCUT2D eigenvalue weighted by molar-refractivity contribution is 1.71. The van der Waals surface area contributed by atoms with Crippen molar-refractivity contribution in [2.75, 3.05) is 0 Å². The van der Waals surface area contributed by atoms with Crippen LogP contribution < -0.4 is 16.4 Å². The van der Waals surface area contributed by atoms with Gasteiger partial charge in [-0.1, -0.05) is 107 Å². The molecule has 1 aliphatic rings. The van der Waals surface area contributed by atoms with Crippen LogP contribution in [0.15, 0.2) is 91.0 Å². The highest BCUT2D eigenvalue weighted by Crippen LogP contribution is 2.23. The summed E-state index contributed by atoms with van der Waals surface area (Å²) in [6.07, 6.45) is 0. The Balaban J connectivity index is 1.78. The van der Waals surface area contributed by atoms with Gasteiger partial charge >= 0.3 is 0 Å². The average molecular weight is 290 g/mol. The smallest absolute Gasteiger partial charge is 0.0680 e. The quantitative estimate of drug-likeness (QED) is 0.415. The fraction of sp³-hybridized carbons (Fsp3) is 0. The van der Waals surface area contributed by atoms with Crippen LogP contribution in [0.1, 0.15) is 0 Å². The molecule has 4 aromatic rings. The lowest BCUT2D eigenvalue weighted by Crippen LogP contribution is -2.48. The Labute approximate surface area is 136 Å². The minimum Gasteiger partial charge on any atom is -0.0680 e. The van der Waals surface area contributed by atoms with Gasteiger partial charge in [-0.2, -0.15) is 0 Å². The number of benzene rings is 4. The average Bonchev–Trinajstić information content (AvgIpc) is 2.96. The summed E-state index contributed by atoms with van der Waals surface area (Å²) in [6.45, 7) is 0.340. The Morgan fingerprint density at radius 3 is 1.74 bits per heavy atom. The molecule has 0 N–H and O–H groups in total. The first-order chi connectivity index (χ1) is 11.4. The molecule has 0 nitrogen and oxygen atoms in total. The first-order valence-electron chi connectivity index (χ1n) is 8.09. The molecule has 0 unspecified atom stereocenters. The molecule has 0 amide bonds. The van der Waals surface area contributed by atoms with Crippen LogP contribution in [0.4, 0.5) is 0 Å². The second-order valence-electron chi connectivity index (χ2n) is 6.21. The normalized spacial score (nSPS) is 12.3. The van der Waals surface area contributed by atoms with Crippen LogP contribution in [0.3, 0.4) is 0 Å². The van der Waals surface area contributed by atoms with Crippen molar-refractivity contribution in [1.29, 1.82) is 0 Å². The Morgan fingerprint density at radius 2 is 1.04 bits per heavy atom. The molecule has 1 heterocycles. The highest BCUT2D eigenvalue weighted by atomic mass is 14.2. The zero-order chi connectivity index (χ0) is 15.2. The summed E-state index contributed by atoms with van der Waals surface area (Å²) in [6, 6.07) is 33.1. The maximum absolute atomic E-state index is 2.35. The van der Waals surface area contributed by atoms with E-state index in [9.17, 15) is 0 Å². The van der Waals surface area contributed by atoms with Crippen LogP contribution in [-0.2, 0) is 0 Å². The van der Waals surface area contributed by atoms with Crippen LogP contribution in [0.5, 0.6) is 0 Å². The van der Waals surface area contributed by atoms with Crippen molar-refractivity contribution in [1.82, 2.24) is 0 Å². The minimum absolute atomic E-state index is 0.340. The lowest BCUT2D eigenvalue weighted by atomic mass is 9.39. The van der Waals surface area contributed by atoms with Gasteiger partial charge in [0.1, 0.15) is 0 Å². The van der Waals surface area contributed by atoms with E-state index in [-0.39, 0.29) is 0 Å². The Hall–Kier alpha value is -2.80. The van der Waals surface area contributed by atoms with E-state index in [1.165, 1.54) is 38.3 Å². The maximum atomic E-state index is 2.35. The van der Waals surface area contributed by atoms with Crippen LogP contribution in [0, 0.1) is 0 Å². The Kier molecular flexibility index (Phi) is 2.69. The van der Waals surface area contributed by atoms with E-state index in [0.29, 0.717) is 6.71 Å². The number of rotatable bonds is 1. The summed E-state index contributed by atoms with van der Waals surface area (Å²) in [5.74, 6) is 0. The highest BCUT2D eigenvalue weighted by molar-refractivity contribution is 6.99. The van der Waals surface area contributed by atoms with Gasteiger partial charge < -0.3 is 0 Å². The van der Waals surface area contributed by atoms with E-state index in [2.05, 4.69) is 91.0 Å². The predicted molar refractivity (Wildman–Crippen MR) is 100 cm³/mol. The SMILES string of the molecule is c1ccc2c(c1)B(c1ccc3ccccc3c1)c1ccccc1-2. The predicted octanol–water partition coefficient (Wildman–Crippen LogP) is 3.34. The largest absolute Gasteiger partial charge is 0.242 e. The number of hydrogen-bond acceptors (Lipinski definition) is 0. The van der Waals surface area contributed by atoms with Crippen molar-refractivity contribution in [3.05, 3.63) is 91.0 Å². The molecule has 0 fully saturated rings. The summed E-state index contributed by atoms with van der Waals surface area (Å²) in [5.41, 5.74) is 6.97. The molecule has 0 saturated carbocycles. The molecule has 0 aromatic heterocycles. The molecule has 0 aliphatic carbocycles. The maximum Gasteiger partial charge on any atom is 0.242 e. The molecule has 5 rings (SSSR count). The summed E-state index contributed by atoms with van der Waals surface area (Å²) >= 11 is 0. The van der Waals surface area contributed by atoms with Crippen molar-refractivity contribution >= 4 is 33.9 Å². The van der Waals surface area contributed by atoms with Crippen molar-refractivity contribution in [2.45, 2.75) is 0 Å². The topological polar surface area (TPSA) is 0 Å². The van der Waals surface area contributed by atoms with Gasteiger partial charge in [0, 0.05) is 0 Å². The summed E-state index contributed by atoms with van der Waals surface area (Å²) in [5, 5.41) is 2.61. The Morgan fingerprint density at radius 1 is 0.478 bits per heavy atom. The fourth-order valence-corrected chi connectivity index (χ4v) is 3.90. The van der Waals surface area contributed by atoms with Gasteiger partial charge in [0.25, 0.3) is 0 Å². The van der Waals surface area contributed by atoms with Crippen molar-refractivity contribution < 1.29 is 0 Å². The molecule has 0 saturated heterocycles. The highest BCUT2D eigenvalue weighted by Gasteiger charge is 2.32. The van der Waals surface area contributed by atoms with Crippen LogP contribution in [0.2, 0.25) is 0 Å². The van der Waals surface area contributed by atoms with Crippen molar-refractivity contribution in [3.63, 3.8) is 0 Å². The van der Waals surface area contributed by atoms with Gasteiger partial charge in [0.05, 0.1) is 0 Å². The van der Waals surface area contributed by atoms with Gasteiger partial charge in [-0.15, -0.1) is 0 Å². The van der Waals surface area contributed by atoms with Gasteiger partial charge in [0.2, 0.25) is 6.71 Å². The third-order valence-corrected chi connectivity index (χ3v) is 4.94. The van der Waals surface area contributed by atoms with E-state index in [1.807, 2.05) is 0 Å². The molecule has 106 valence electrons. The van der Waals surface area contributed by atoms with Crippen LogP contribution in [-0.4, -0.2) is 6.71 Å². The van der Waals surface area contributed by atoms with Gasteiger partial charge in [0.15, 0.2) is 0 Å². The van der Waals surface area contributed by atoms with E-state index >= 15 is 0 Å². The zero-order valence-electron chi connectivity index (χ0n) is 12.7. The minimum atomic E-state index is 0.340. The molecule has 23 heavy (non-hydrogen) atoms. The molecule has 1 heteroatoms. The summed E-state index contributed by atoms with van der Waals surface area (Å²) < 4.78 is 0. The van der Waals surface area contributed by atoms with Crippen LogP contribution >= 0.6 is 0 Å². The fourth-order valence-electron chi connectivity index (χ4n) is 3.90. The van der Waals surface area contributed by atoms with Gasteiger partial charge in [-0.3, -0.25) is 0 Å². The number of fused-ring (bicyclic) bond motifs is 4. The monoisotopic (exact) mass is 290 g/mol. The summed E-state index contributed by atoms with van der Waals surface area (Å²) in [4.78, 5) is 0. The van der Waals surface area contributed by atoms with E-state index in [0.717, 1.165) is 0 Å². The summed E-state index contributed by atoms with van der Waals surface area (Å²) in [7, 11) is 0. The third kappa shape index (κ3) is 1.87. The standard InChI is InChI=1S/C22H15B/c1-2-8-17-15-18(14-13-16(17)7-1)23-21-11-5-3-9-19(21)20-10-4-6-12-22(20)23/h1-15H. The van der Waals surface area contributed by atoms with Crippen molar-refractivity contribution in [2.24, 2.45) is 0 Å². The molecular formula is C22H15B. The molecule has 0 bridgehead atoms. The second-order valence-corrected chi connectivity index (χ2v) is 6.21. The van der Waals surface area contributed by atoms with E-state index in [1.54, 1.807) is 0 Å². The molecular weight excluding hydrogens is 275 g/mol. The first kappa shape index (κ1) is 12.7. The van der Waals surface area contributed by atoms with E-state index in [4.69, 9.17) is 0 Å². The Bertz CT molecular complexity index is 987. The van der Waals surface area contributed by atoms with Gasteiger partial charge in [-0.25, -0.2) is 0 Å². The first-order valence-corrected chi connectivity index (χ1v) is 8.09. The second kappa shape index (κ2) is 4.86.